The van der Waals surface area contributed by atoms with Gasteiger partial charge in [-0.1, -0.05) is 5.57 Å². The van der Waals surface area contributed by atoms with Gasteiger partial charge < -0.3 is 9.84 Å². The van der Waals surface area contributed by atoms with Crippen molar-refractivity contribution in [1.82, 2.24) is 0 Å². The van der Waals surface area contributed by atoms with Crippen molar-refractivity contribution in [3.05, 3.63) is 34.5 Å². The number of rotatable bonds is 4. The first-order chi connectivity index (χ1) is 7.85. The summed E-state index contributed by atoms with van der Waals surface area (Å²) in [7, 11) is 0. The van der Waals surface area contributed by atoms with Gasteiger partial charge in [0.25, 0.3) is 0 Å². The molecule has 0 saturated heterocycles. The molecule has 0 aromatic carbocycles. The second kappa shape index (κ2) is 5.45. The maximum atomic E-state index is 11.0. The molecule has 0 fully saturated rings. The lowest BCUT2D eigenvalue weighted by Crippen LogP contribution is -2.34. The normalized spacial score (nSPS) is 16.6. The molecule has 4 heteroatoms. The van der Waals surface area contributed by atoms with Gasteiger partial charge in [-0.15, -0.1) is 11.8 Å². The summed E-state index contributed by atoms with van der Waals surface area (Å²) < 4.78 is 5.55. The fourth-order valence-corrected chi connectivity index (χ4v) is 1.94. The topological polar surface area (TPSA) is 46.5 Å². The second-order valence-electron chi connectivity index (χ2n) is 4.49. The maximum absolute atomic E-state index is 11.0. The van der Waals surface area contributed by atoms with Crippen molar-refractivity contribution >= 4 is 17.7 Å². The fourth-order valence-electron chi connectivity index (χ4n) is 1.42. The van der Waals surface area contributed by atoms with Gasteiger partial charge in [-0.2, -0.15) is 0 Å². The standard InChI is InChI=1S/C13H18O3S/c1-9-7-10(5-6-11(8-9)17-4)16-13(2,3)12(14)15/h5-6,8H,7H2,1-4H3,(H,14,15). The molecule has 0 spiro atoms. The average molecular weight is 254 g/mol. The summed E-state index contributed by atoms with van der Waals surface area (Å²) in [5.41, 5.74) is -0.0281. The zero-order chi connectivity index (χ0) is 13.1. The van der Waals surface area contributed by atoms with E-state index in [9.17, 15) is 4.79 Å². The molecule has 0 aliphatic heterocycles. The molecule has 1 aliphatic rings. The summed E-state index contributed by atoms with van der Waals surface area (Å²) in [6, 6.07) is 0. The van der Waals surface area contributed by atoms with Crippen LogP contribution in [0.25, 0.3) is 0 Å². The van der Waals surface area contributed by atoms with E-state index >= 15 is 0 Å². The molecule has 1 rings (SSSR count). The second-order valence-corrected chi connectivity index (χ2v) is 5.37. The zero-order valence-corrected chi connectivity index (χ0v) is 11.4. The Hall–Kier alpha value is -1.16. The predicted octanol–water partition coefficient (Wildman–Crippen LogP) is 3.35. The minimum Gasteiger partial charge on any atom is -0.480 e. The number of hydrogen-bond acceptors (Lipinski definition) is 3. The monoisotopic (exact) mass is 254 g/mol. The van der Waals surface area contributed by atoms with Gasteiger partial charge in [-0.3, -0.25) is 0 Å². The molecular weight excluding hydrogens is 236 g/mol. The van der Waals surface area contributed by atoms with E-state index < -0.39 is 11.6 Å². The molecule has 0 amide bonds. The van der Waals surface area contributed by atoms with Crippen molar-refractivity contribution in [2.75, 3.05) is 6.26 Å². The smallest absolute Gasteiger partial charge is 0.347 e. The zero-order valence-electron chi connectivity index (χ0n) is 10.6. The number of carbonyl (C=O) groups is 1. The summed E-state index contributed by atoms with van der Waals surface area (Å²) in [5, 5.41) is 9.02. The molecule has 0 saturated carbocycles. The quantitative estimate of drug-likeness (QED) is 0.835. The molecular formula is C13H18O3S. The average Bonchev–Trinajstić information content (AvgIpc) is 2.38. The van der Waals surface area contributed by atoms with Crippen LogP contribution in [0.5, 0.6) is 0 Å². The Morgan fingerprint density at radius 3 is 2.65 bits per heavy atom. The van der Waals surface area contributed by atoms with Crippen molar-refractivity contribution in [3.63, 3.8) is 0 Å². The minimum absolute atomic E-state index is 0.650. The van der Waals surface area contributed by atoms with E-state index in [2.05, 4.69) is 6.08 Å². The summed E-state index contributed by atoms with van der Waals surface area (Å²) in [6.07, 6.45) is 8.55. The van der Waals surface area contributed by atoms with Gasteiger partial charge in [0.2, 0.25) is 0 Å². The SMILES string of the molecule is CSC1=CC=C(OC(C)(C)C(=O)O)CC(C)=C1. The van der Waals surface area contributed by atoms with Gasteiger partial charge in [-0.05, 0) is 45.3 Å². The van der Waals surface area contributed by atoms with Gasteiger partial charge in [0, 0.05) is 11.3 Å². The van der Waals surface area contributed by atoms with Crippen LogP contribution in [0.15, 0.2) is 34.5 Å². The van der Waals surface area contributed by atoms with Gasteiger partial charge >= 0.3 is 5.97 Å². The van der Waals surface area contributed by atoms with E-state index in [1.807, 2.05) is 25.3 Å². The van der Waals surface area contributed by atoms with Crippen LogP contribution in [0.1, 0.15) is 27.2 Å². The lowest BCUT2D eigenvalue weighted by Gasteiger charge is -2.23. The third-order valence-electron chi connectivity index (χ3n) is 2.41. The van der Waals surface area contributed by atoms with E-state index in [4.69, 9.17) is 9.84 Å². The lowest BCUT2D eigenvalue weighted by atomic mass is 10.1. The molecule has 17 heavy (non-hydrogen) atoms. The van der Waals surface area contributed by atoms with E-state index in [0.717, 1.165) is 10.5 Å². The fraction of sp³-hybridized carbons (Fsp3) is 0.462. The van der Waals surface area contributed by atoms with Crippen LogP contribution in [-0.2, 0) is 9.53 Å². The van der Waals surface area contributed by atoms with Crippen LogP contribution in [0.4, 0.5) is 0 Å². The first-order valence-electron chi connectivity index (χ1n) is 5.39. The molecule has 1 aliphatic carbocycles. The molecule has 0 unspecified atom stereocenters. The van der Waals surface area contributed by atoms with Crippen LogP contribution in [0.3, 0.4) is 0 Å². The van der Waals surface area contributed by atoms with E-state index in [1.165, 1.54) is 0 Å². The number of allylic oxidation sites excluding steroid dienone is 4. The molecule has 1 N–H and O–H groups in total. The maximum Gasteiger partial charge on any atom is 0.347 e. The van der Waals surface area contributed by atoms with Crippen molar-refractivity contribution < 1.29 is 14.6 Å². The first-order valence-corrected chi connectivity index (χ1v) is 6.62. The predicted molar refractivity (Wildman–Crippen MR) is 70.9 cm³/mol. The van der Waals surface area contributed by atoms with Gasteiger partial charge in [0.15, 0.2) is 5.60 Å². The van der Waals surface area contributed by atoms with Crippen LogP contribution < -0.4 is 0 Å². The Kier molecular flexibility index (Phi) is 4.46. The van der Waals surface area contributed by atoms with E-state index in [0.29, 0.717) is 12.2 Å². The number of carboxylic acid groups (broad SMARTS) is 1. The highest BCUT2D eigenvalue weighted by molar-refractivity contribution is 8.02. The summed E-state index contributed by atoms with van der Waals surface area (Å²) in [6.45, 7) is 5.12. The molecule has 0 atom stereocenters. The first kappa shape index (κ1) is 13.9. The van der Waals surface area contributed by atoms with Crippen molar-refractivity contribution in [1.29, 1.82) is 0 Å². The third-order valence-corrected chi connectivity index (χ3v) is 3.14. The molecule has 0 radical (unpaired) electrons. The van der Waals surface area contributed by atoms with E-state index in [1.54, 1.807) is 25.6 Å². The molecule has 0 heterocycles. The van der Waals surface area contributed by atoms with E-state index in [-0.39, 0.29) is 0 Å². The highest BCUT2D eigenvalue weighted by atomic mass is 32.2. The molecule has 0 bridgehead atoms. The lowest BCUT2D eigenvalue weighted by molar-refractivity contribution is -0.156. The summed E-state index contributed by atoms with van der Waals surface area (Å²) in [5.74, 6) is -0.270. The molecule has 0 aromatic heterocycles. The molecule has 3 nitrogen and oxygen atoms in total. The van der Waals surface area contributed by atoms with Crippen LogP contribution >= 0.6 is 11.8 Å². The third kappa shape index (κ3) is 3.97. The molecule has 94 valence electrons. The van der Waals surface area contributed by atoms with Crippen molar-refractivity contribution in [2.45, 2.75) is 32.8 Å². The number of ether oxygens (including phenoxy) is 1. The Morgan fingerprint density at radius 2 is 2.12 bits per heavy atom. The highest BCUT2D eigenvalue weighted by Crippen LogP contribution is 2.26. The Morgan fingerprint density at radius 1 is 1.47 bits per heavy atom. The summed E-state index contributed by atoms with van der Waals surface area (Å²) >= 11 is 1.66. The number of carboxylic acids is 1. The number of hydrogen-bond donors (Lipinski definition) is 1. The Bertz CT molecular complexity index is 403. The Balaban J connectivity index is 2.87. The van der Waals surface area contributed by atoms with Crippen molar-refractivity contribution in [3.8, 4) is 0 Å². The highest BCUT2D eigenvalue weighted by Gasteiger charge is 2.30. The van der Waals surface area contributed by atoms with Crippen LogP contribution in [0.2, 0.25) is 0 Å². The number of thioether (sulfide) groups is 1. The Labute approximate surface area is 106 Å². The summed E-state index contributed by atoms with van der Waals surface area (Å²) in [4.78, 5) is 12.1. The van der Waals surface area contributed by atoms with Crippen LogP contribution in [-0.4, -0.2) is 22.9 Å². The van der Waals surface area contributed by atoms with Gasteiger partial charge in [0.05, 0.1) is 0 Å². The van der Waals surface area contributed by atoms with Gasteiger partial charge in [0.1, 0.15) is 5.76 Å². The number of aliphatic carboxylic acids is 1. The van der Waals surface area contributed by atoms with Crippen LogP contribution in [0, 0.1) is 0 Å². The van der Waals surface area contributed by atoms with Gasteiger partial charge in [-0.25, -0.2) is 4.79 Å². The van der Waals surface area contributed by atoms with Crippen molar-refractivity contribution in [2.24, 2.45) is 0 Å². The largest absolute Gasteiger partial charge is 0.480 e. The minimum atomic E-state index is -1.19. The molecule has 0 aromatic rings.